The molecule has 4 aliphatic rings. The van der Waals surface area contributed by atoms with E-state index >= 15 is 0 Å². The van der Waals surface area contributed by atoms with E-state index in [1.807, 2.05) is 13.1 Å². The molecule has 33 heavy (non-hydrogen) atoms. The number of benzene rings is 1. The molecule has 0 aromatic heterocycles. The van der Waals surface area contributed by atoms with Gasteiger partial charge in [-0.05, 0) is 68.3 Å². The van der Waals surface area contributed by atoms with Gasteiger partial charge < -0.3 is 36.6 Å². The molecule has 9 nitrogen and oxygen atoms in total. The molecule has 1 unspecified atom stereocenters. The molecule has 2 heterocycles. The van der Waals surface area contributed by atoms with Gasteiger partial charge in [-0.2, -0.15) is 0 Å². The molecule has 0 radical (unpaired) electrons. The minimum absolute atomic E-state index is 0.0776. The predicted octanol–water partition coefficient (Wildman–Crippen LogP) is -0.493. The van der Waals surface area contributed by atoms with E-state index < -0.39 is 35.1 Å². The fourth-order valence-corrected chi connectivity index (χ4v) is 6.28. The Morgan fingerprint density at radius 1 is 1.33 bits per heavy atom. The van der Waals surface area contributed by atoms with E-state index in [-0.39, 0.29) is 17.4 Å². The molecule has 1 aromatic carbocycles. The first-order chi connectivity index (χ1) is 15.6. The molecule has 5 rings (SSSR count). The highest BCUT2D eigenvalue weighted by atomic mass is 16.3. The van der Waals surface area contributed by atoms with Gasteiger partial charge in [0.05, 0.1) is 11.2 Å². The molecule has 2 aliphatic heterocycles. The molecule has 9 heteroatoms. The summed E-state index contributed by atoms with van der Waals surface area (Å²) in [5.74, 6) is -1.09. The molecular formula is C24H30N4O5. The molecule has 5 atom stereocenters. The minimum atomic E-state index is -1.25. The van der Waals surface area contributed by atoms with Gasteiger partial charge in [-0.15, -0.1) is 0 Å². The zero-order chi connectivity index (χ0) is 23.7. The largest absolute Gasteiger partial charge is 0.508 e. The van der Waals surface area contributed by atoms with Gasteiger partial charge in [0, 0.05) is 30.0 Å². The zero-order valence-electron chi connectivity index (χ0n) is 18.8. The van der Waals surface area contributed by atoms with E-state index in [1.165, 1.54) is 6.92 Å². The Bertz CT molecular complexity index is 1110. The Morgan fingerprint density at radius 3 is 2.82 bits per heavy atom. The Morgan fingerprint density at radius 2 is 2.09 bits per heavy atom. The molecule has 1 aromatic rings. The Hall–Kier alpha value is -2.88. The highest BCUT2D eigenvalue weighted by Gasteiger charge is 2.64. The lowest BCUT2D eigenvalue weighted by molar-refractivity contribution is -0.145. The zero-order valence-corrected chi connectivity index (χ0v) is 18.8. The molecule has 0 spiro atoms. The van der Waals surface area contributed by atoms with Crippen molar-refractivity contribution >= 4 is 11.8 Å². The number of phenolic OH excluding ortho intramolecular Hbond substituents is 1. The summed E-state index contributed by atoms with van der Waals surface area (Å²) in [5, 5.41) is 38.8. The van der Waals surface area contributed by atoms with Crippen LogP contribution in [0.5, 0.6) is 5.75 Å². The number of rotatable bonds is 3. The summed E-state index contributed by atoms with van der Waals surface area (Å²) in [7, 11) is 2.02. The van der Waals surface area contributed by atoms with Crippen molar-refractivity contribution in [1.29, 1.82) is 0 Å². The average Bonchev–Trinajstić information content (AvgIpc) is 2.75. The van der Waals surface area contributed by atoms with Gasteiger partial charge in [0.25, 0.3) is 5.91 Å². The highest BCUT2D eigenvalue weighted by molar-refractivity contribution is 5.98. The van der Waals surface area contributed by atoms with Crippen molar-refractivity contribution in [3.8, 4) is 5.75 Å². The van der Waals surface area contributed by atoms with Crippen LogP contribution >= 0.6 is 0 Å². The summed E-state index contributed by atoms with van der Waals surface area (Å²) in [6.07, 6.45) is 2.50. The van der Waals surface area contributed by atoms with E-state index in [1.54, 1.807) is 18.2 Å². The van der Waals surface area contributed by atoms with E-state index in [0.717, 1.165) is 28.9 Å². The van der Waals surface area contributed by atoms with Gasteiger partial charge in [-0.25, -0.2) is 0 Å². The van der Waals surface area contributed by atoms with Crippen molar-refractivity contribution in [2.75, 3.05) is 13.6 Å². The molecule has 176 valence electrons. The minimum Gasteiger partial charge on any atom is -0.508 e. The van der Waals surface area contributed by atoms with Gasteiger partial charge in [0.1, 0.15) is 11.8 Å². The normalized spacial score (nSPS) is 33.6. The standard InChI is InChI=1S/C24H30N4O5/c1-12(20(25)30)26-21(31)16-7-14-10-24(33)19-8-13-3-4-15(29)9-17(13)23(24,5-6-28(19)2)11-18(14)27-22(16)32/h3-4,7,9,12,19,22,27,29,32-33H,5-6,8,10-11H2,1-2H3,(H2,25,30)(H,26,31)/t12-,19+,22?,23+,24+/m0/s1. The van der Waals surface area contributed by atoms with Gasteiger partial charge in [-0.1, -0.05) is 6.07 Å². The van der Waals surface area contributed by atoms with Crippen molar-refractivity contribution < 1.29 is 24.9 Å². The lowest BCUT2D eigenvalue weighted by Gasteiger charge is -2.63. The number of piperidine rings is 1. The van der Waals surface area contributed by atoms with Crippen LogP contribution in [0, 0.1) is 0 Å². The number of likely N-dealkylation sites (tertiary alicyclic amines) is 1. The maximum Gasteiger partial charge on any atom is 0.252 e. The number of nitrogens with one attached hydrogen (secondary N) is 2. The fourth-order valence-electron chi connectivity index (χ4n) is 6.28. The van der Waals surface area contributed by atoms with Crippen LogP contribution in [0.25, 0.3) is 0 Å². The maximum atomic E-state index is 12.7. The maximum absolute atomic E-state index is 12.7. The number of nitrogens with zero attached hydrogens (tertiary/aromatic N) is 1. The van der Waals surface area contributed by atoms with Gasteiger partial charge >= 0.3 is 0 Å². The number of aromatic hydroxyl groups is 1. The number of carbonyl (C=O) groups excluding carboxylic acids is 2. The molecule has 2 amide bonds. The van der Waals surface area contributed by atoms with Crippen molar-refractivity contribution in [2.24, 2.45) is 5.73 Å². The summed E-state index contributed by atoms with van der Waals surface area (Å²) in [5.41, 5.74) is 7.22. The van der Waals surface area contributed by atoms with Crippen molar-refractivity contribution in [2.45, 2.75) is 61.9 Å². The lowest BCUT2D eigenvalue weighted by atomic mass is 9.49. The lowest BCUT2D eigenvalue weighted by Crippen LogP contribution is -2.72. The Labute approximate surface area is 192 Å². The van der Waals surface area contributed by atoms with E-state index in [9.17, 15) is 24.9 Å². The van der Waals surface area contributed by atoms with E-state index in [2.05, 4.69) is 15.5 Å². The number of amides is 2. The van der Waals surface area contributed by atoms with Crippen LogP contribution in [0.15, 0.2) is 41.1 Å². The second-order valence-corrected chi connectivity index (χ2v) is 9.90. The number of hydrogen-bond donors (Lipinski definition) is 6. The first-order valence-corrected chi connectivity index (χ1v) is 11.3. The average molecular weight is 455 g/mol. The van der Waals surface area contributed by atoms with Crippen LogP contribution in [0.3, 0.4) is 0 Å². The topological polar surface area (TPSA) is 148 Å². The second kappa shape index (κ2) is 7.31. The highest BCUT2D eigenvalue weighted by Crippen LogP contribution is 2.59. The SMILES string of the molecule is C[C@H](NC(=O)C1=CC2=C(C[C@]34CCN(C)[C@H](Cc5ccc(O)cc53)[C@]4(O)C2)NC1O)C(N)=O. The molecule has 1 saturated heterocycles. The molecular weight excluding hydrogens is 424 g/mol. The smallest absolute Gasteiger partial charge is 0.252 e. The molecule has 0 saturated carbocycles. The van der Waals surface area contributed by atoms with Crippen LogP contribution in [0.2, 0.25) is 0 Å². The second-order valence-electron chi connectivity index (χ2n) is 9.90. The number of dihydropyridines is 1. The molecule has 1 fully saturated rings. The van der Waals surface area contributed by atoms with Gasteiger partial charge in [0.15, 0.2) is 6.23 Å². The number of allylic oxidation sites excluding steroid dienone is 2. The molecule has 7 N–H and O–H groups in total. The quantitative estimate of drug-likeness (QED) is 0.361. The fraction of sp³-hybridized carbons (Fsp3) is 0.500. The first-order valence-electron chi connectivity index (χ1n) is 11.3. The Balaban J connectivity index is 1.58. The summed E-state index contributed by atoms with van der Waals surface area (Å²) < 4.78 is 0. The number of primary amides is 1. The number of aliphatic hydroxyl groups excluding tert-OH is 1. The van der Waals surface area contributed by atoms with Crippen molar-refractivity contribution in [3.05, 3.63) is 52.2 Å². The number of carbonyl (C=O) groups is 2. The monoisotopic (exact) mass is 454 g/mol. The van der Waals surface area contributed by atoms with Crippen molar-refractivity contribution in [1.82, 2.24) is 15.5 Å². The van der Waals surface area contributed by atoms with E-state index in [4.69, 9.17) is 5.73 Å². The Kier molecular flexibility index (Phi) is 4.86. The summed E-state index contributed by atoms with van der Waals surface area (Å²) in [4.78, 5) is 26.2. The number of phenols is 1. The first kappa shape index (κ1) is 21.9. The third-order valence-corrected chi connectivity index (χ3v) is 8.12. The van der Waals surface area contributed by atoms with Crippen LogP contribution in [0.4, 0.5) is 0 Å². The number of likely N-dealkylation sites (N-methyl/N-ethyl adjacent to an activating group) is 1. The van der Waals surface area contributed by atoms with Crippen LogP contribution in [0.1, 0.15) is 37.3 Å². The van der Waals surface area contributed by atoms with Crippen LogP contribution in [-0.2, 0) is 21.4 Å². The van der Waals surface area contributed by atoms with Crippen LogP contribution in [-0.4, -0.2) is 69.5 Å². The van der Waals surface area contributed by atoms with Crippen LogP contribution < -0.4 is 16.4 Å². The van der Waals surface area contributed by atoms with Gasteiger partial charge in [0.2, 0.25) is 5.91 Å². The summed E-state index contributed by atoms with van der Waals surface area (Å²) in [6, 6.07) is 4.40. The summed E-state index contributed by atoms with van der Waals surface area (Å²) >= 11 is 0. The third-order valence-electron chi connectivity index (χ3n) is 8.12. The number of aliphatic hydroxyl groups is 2. The number of nitrogens with two attached hydrogens (primary N) is 1. The number of hydrogen-bond acceptors (Lipinski definition) is 7. The number of fused-ring (bicyclic) bond motifs is 1. The predicted molar refractivity (Wildman–Crippen MR) is 120 cm³/mol. The van der Waals surface area contributed by atoms with Gasteiger partial charge in [-0.3, -0.25) is 9.59 Å². The van der Waals surface area contributed by atoms with Crippen molar-refractivity contribution in [3.63, 3.8) is 0 Å². The molecule has 2 aliphatic carbocycles. The molecule has 2 bridgehead atoms. The summed E-state index contributed by atoms with van der Waals surface area (Å²) in [6.45, 7) is 2.29. The third kappa shape index (κ3) is 3.10. The van der Waals surface area contributed by atoms with E-state index in [0.29, 0.717) is 25.7 Å².